The van der Waals surface area contributed by atoms with Crippen molar-refractivity contribution in [2.75, 3.05) is 26.2 Å². The number of rotatable bonds is 3. The van der Waals surface area contributed by atoms with Gasteiger partial charge in [-0.05, 0) is 31.2 Å². The highest BCUT2D eigenvalue weighted by Crippen LogP contribution is 2.22. The van der Waals surface area contributed by atoms with Crippen LogP contribution in [-0.4, -0.2) is 62.3 Å². The van der Waals surface area contributed by atoms with Gasteiger partial charge in [-0.15, -0.1) is 0 Å². The first-order valence-corrected chi connectivity index (χ1v) is 10.1. The maximum Gasteiger partial charge on any atom is 0.289 e. The topological polar surface area (TPSA) is 104 Å². The Kier molecular flexibility index (Phi) is 4.58. The van der Waals surface area contributed by atoms with E-state index >= 15 is 0 Å². The van der Waals surface area contributed by atoms with Crippen LogP contribution in [0.15, 0.2) is 52.1 Å². The fourth-order valence-electron chi connectivity index (χ4n) is 3.98. The number of H-pyrrole nitrogens is 1. The van der Waals surface area contributed by atoms with E-state index in [2.05, 4.69) is 9.97 Å². The minimum atomic E-state index is -0.279. The molecular weight excluding hydrogens is 398 g/mol. The first kappa shape index (κ1) is 19.1. The van der Waals surface area contributed by atoms with Crippen molar-refractivity contribution in [1.29, 1.82) is 0 Å². The molecule has 4 aromatic rings. The van der Waals surface area contributed by atoms with Crippen molar-refractivity contribution in [3.63, 3.8) is 0 Å². The third-order valence-electron chi connectivity index (χ3n) is 5.68. The molecule has 1 aromatic carbocycles. The van der Waals surface area contributed by atoms with Crippen LogP contribution >= 0.6 is 0 Å². The molecule has 1 fully saturated rings. The van der Waals surface area contributed by atoms with Gasteiger partial charge < -0.3 is 19.2 Å². The number of hydrogen-bond acceptors (Lipinski definition) is 5. The zero-order valence-electron chi connectivity index (χ0n) is 17.0. The second kappa shape index (κ2) is 7.42. The maximum atomic E-state index is 12.9. The lowest BCUT2D eigenvalue weighted by Crippen LogP contribution is -2.51. The van der Waals surface area contributed by atoms with Crippen LogP contribution in [0, 0.1) is 6.92 Å². The van der Waals surface area contributed by atoms with E-state index < -0.39 is 0 Å². The van der Waals surface area contributed by atoms with E-state index in [9.17, 15) is 14.4 Å². The van der Waals surface area contributed by atoms with Gasteiger partial charge in [0, 0.05) is 37.1 Å². The lowest BCUT2D eigenvalue weighted by Gasteiger charge is -2.34. The summed E-state index contributed by atoms with van der Waals surface area (Å²) in [6, 6.07) is 9.17. The number of hydrogen-bond donors (Lipinski definition) is 1. The zero-order valence-corrected chi connectivity index (χ0v) is 17.0. The number of nitrogens with zero attached hydrogens (tertiary/aromatic N) is 4. The number of amides is 2. The van der Waals surface area contributed by atoms with Gasteiger partial charge in [0.15, 0.2) is 5.76 Å². The van der Waals surface area contributed by atoms with Crippen LogP contribution < -0.4 is 5.56 Å². The number of furan rings is 1. The molecule has 1 saturated heterocycles. The third kappa shape index (κ3) is 3.37. The van der Waals surface area contributed by atoms with Gasteiger partial charge in [0.25, 0.3) is 11.5 Å². The van der Waals surface area contributed by atoms with Crippen LogP contribution in [0.4, 0.5) is 0 Å². The molecule has 0 bridgehead atoms. The van der Waals surface area contributed by atoms with E-state index in [0.29, 0.717) is 43.0 Å². The van der Waals surface area contributed by atoms with E-state index in [1.54, 1.807) is 21.9 Å². The Morgan fingerprint density at radius 3 is 2.65 bits per heavy atom. The number of piperazine rings is 1. The summed E-state index contributed by atoms with van der Waals surface area (Å²) in [5.41, 5.74) is 2.65. The molecule has 0 unspecified atom stereocenters. The summed E-state index contributed by atoms with van der Waals surface area (Å²) in [7, 11) is 0. The smallest absolute Gasteiger partial charge is 0.289 e. The van der Waals surface area contributed by atoms with Gasteiger partial charge in [-0.2, -0.15) is 0 Å². The van der Waals surface area contributed by atoms with Gasteiger partial charge >= 0.3 is 0 Å². The van der Waals surface area contributed by atoms with Crippen LogP contribution in [0.2, 0.25) is 0 Å². The summed E-state index contributed by atoms with van der Waals surface area (Å²) in [5, 5.41) is 0.892. The van der Waals surface area contributed by atoms with Gasteiger partial charge in [-0.1, -0.05) is 11.6 Å². The zero-order chi connectivity index (χ0) is 21.5. The van der Waals surface area contributed by atoms with Crippen molar-refractivity contribution < 1.29 is 14.0 Å². The first-order valence-electron chi connectivity index (χ1n) is 10.1. The summed E-state index contributed by atoms with van der Waals surface area (Å²) in [5.74, 6) is -0.0726. The Morgan fingerprint density at radius 1 is 1.13 bits per heavy atom. The van der Waals surface area contributed by atoms with Gasteiger partial charge in [-0.3, -0.25) is 19.0 Å². The number of fused-ring (bicyclic) bond motifs is 3. The summed E-state index contributed by atoms with van der Waals surface area (Å²) in [6.07, 6.45) is 2.89. The summed E-state index contributed by atoms with van der Waals surface area (Å²) in [6.45, 7) is 3.53. The quantitative estimate of drug-likeness (QED) is 0.545. The Balaban J connectivity index is 1.30. The monoisotopic (exact) mass is 419 g/mol. The molecule has 1 aliphatic rings. The Labute approximate surface area is 176 Å². The molecule has 3 aromatic heterocycles. The molecule has 0 atom stereocenters. The van der Waals surface area contributed by atoms with Crippen molar-refractivity contribution in [3.8, 4) is 0 Å². The number of carbonyl (C=O) groups excluding carboxylic acids is 2. The normalized spacial score (nSPS) is 14.5. The highest BCUT2D eigenvalue weighted by Gasteiger charge is 2.26. The predicted molar refractivity (Wildman–Crippen MR) is 114 cm³/mol. The second-order valence-corrected chi connectivity index (χ2v) is 7.73. The molecule has 31 heavy (non-hydrogen) atoms. The first-order chi connectivity index (χ1) is 15.0. The Hall–Kier alpha value is -3.88. The number of nitrogens with one attached hydrogen (secondary N) is 1. The molecule has 0 saturated carbocycles. The molecule has 9 heteroatoms. The molecule has 0 spiro atoms. The van der Waals surface area contributed by atoms with Crippen LogP contribution in [0.1, 0.15) is 16.1 Å². The average molecular weight is 419 g/mol. The Morgan fingerprint density at radius 2 is 1.90 bits per heavy atom. The van der Waals surface area contributed by atoms with Crippen LogP contribution in [0.3, 0.4) is 0 Å². The van der Waals surface area contributed by atoms with E-state index in [1.807, 2.05) is 25.1 Å². The van der Waals surface area contributed by atoms with Crippen LogP contribution in [0.25, 0.3) is 21.9 Å². The predicted octanol–water partition coefficient (Wildman–Crippen LogP) is 1.76. The molecule has 1 aliphatic heterocycles. The van der Waals surface area contributed by atoms with Gasteiger partial charge in [-0.25, -0.2) is 4.98 Å². The van der Waals surface area contributed by atoms with E-state index in [0.717, 1.165) is 16.5 Å². The van der Waals surface area contributed by atoms with Crippen molar-refractivity contribution >= 4 is 33.8 Å². The van der Waals surface area contributed by atoms with Gasteiger partial charge in [0.1, 0.15) is 17.6 Å². The fourth-order valence-corrected chi connectivity index (χ4v) is 3.98. The number of aromatic nitrogens is 3. The van der Waals surface area contributed by atoms with E-state index in [4.69, 9.17) is 4.42 Å². The summed E-state index contributed by atoms with van der Waals surface area (Å²) >= 11 is 0. The van der Waals surface area contributed by atoms with Gasteiger partial charge in [0.05, 0.1) is 12.6 Å². The number of carbonyl (C=O) groups is 2. The molecule has 1 N–H and O–H groups in total. The molecular formula is C22H21N5O4. The van der Waals surface area contributed by atoms with Crippen molar-refractivity contribution in [2.45, 2.75) is 13.5 Å². The highest BCUT2D eigenvalue weighted by molar-refractivity contribution is 6.04. The maximum absolute atomic E-state index is 12.9. The standard InChI is InChI=1S/C22H21N5O4/c1-14-4-5-16-15(11-14)19-20(24-16)22(30)27(13-23-19)12-18(28)25-6-8-26(9-7-25)21(29)17-3-2-10-31-17/h2-5,10-11,13,24H,6-9,12H2,1H3. The number of benzene rings is 1. The third-order valence-corrected chi connectivity index (χ3v) is 5.68. The lowest BCUT2D eigenvalue weighted by atomic mass is 10.2. The van der Waals surface area contributed by atoms with E-state index in [1.165, 1.54) is 17.2 Å². The van der Waals surface area contributed by atoms with Crippen LogP contribution in [-0.2, 0) is 11.3 Å². The second-order valence-electron chi connectivity index (χ2n) is 7.73. The Bertz CT molecular complexity index is 1340. The molecule has 5 rings (SSSR count). The van der Waals surface area contributed by atoms with E-state index in [-0.39, 0.29) is 23.9 Å². The lowest BCUT2D eigenvalue weighted by molar-refractivity contribution is -0.133. The minimum Gasteiger partial charge on any atom is -0.459 e. The van der Waals surface area contributed by atoms with Gasteiger partial charge in [0.2, 0.25) is 5.91 Å². The largest absolute Gasteiger partial charge is 0.459 e. The molecule has 0 radical (unpaired) electrons. The van der Waals surface area contributed by atoms with Crippen molar-refractivity contribution in [1.82, 2.24) is 24.3 Å². The molecule has 0 aliphatic carbocycles. The van der Waals surface area contributed by atoms with Crippen molar-refractivity contribution in [3.05, 3.63) is 64.6 Å². The number of aromatic amines is 1. The summed E-state index contributed by atoms with van der Waals surface area (Å²) in [4.78, 5) is 49.0. The average Bonchev–Trinajstić information content (AvgIpc) is 3.44. The molecule has 158 valence electrons. The minimum absolute atomic E-state index is 0.0949. The molecule has 2 amide bonds. The summed E-state index contributed by atoms with van der Waals surface area (Å²) < 4.78 is 6.49. The highest BCUT2D eigenvalue weighted by atomic mass is 16.3. The molecule has 4 heterocycles. The SMILES string of the molecule is Cc1ccc2[nH]c3c(=O)n(CC(=O)N4CCN(C(=O)c5ccco5)CC4)cnc3c2c1. The fraction of sp³-hybridized carbons (Fsp3) is 0.273. The van der Waals surface area contributed by atoms with Crippen molar-refractivity contribution in [2.24, 2.45) is 0 Å². The number of aryl methyl sites for hydroxylation is 1. The van der Waals surface area contributed by atoms with Crippen LogP contribution in [0.5, 0.6) is 0 Å². The molecule has 9 nitrogen and oxygen atoms in total.